The SMILES string of the molecule is CC(N)(C(=O)N(CC(=O)O)CC1CC1)C1CC1. The van der Waals surface area contributed by atoms with Crippen molar-refractivity contribution in [2.24, 2.45) is 17.6 Å². The zero-order valence-corrected chi connectivity index (χ0v) is 10.2. The Bertz CT molecular complexity index is 333. The molecular formula is C12H20N2O3. The number of amides is 1. The summed E-state index contributed by atoms with van der Waals surface area (Å²) in [6.07, 6.45) is 4.13. The van der Waals surface area contributed by atoms with Gasteiger partial charge < -0.3 is 15.7 Å². The van der Waals surface area contributed by atoms with Crippen LogP contribution in [0.3, 0.4) is 0 Å². The maximum absolute atomic E-state index is 12.3. The molecule has 0 bridgehead atoms. The highest BCUT2D eigenvalue weighted by molar-refractivity contribution is 5.89. The molecule has 0 saturated heterocycles. The van der Waals surface area contributed by atoms with E-state index in [1.807, 2.05) is 0 Å². The number of hydrogen-bond acceptors (Lipinski definition) is 3. The molecule has 1 unspecified atom stereocenters. The molecule has 3 N–H and O–H groups in total. The first-order chi connectivity index (χ1) is 7.91. The Morgan fingerprint density at radius 3 is 2.35 bits per heavy atom. The van der Waals surface area contributed by atoms with Crippen LogP contribution in [0.4, 0.5) is 0 Å². The maximum atomic E-state index is 12.3. The Hall–Kier alpha value is -1.10. The van der Waals surface area contributed by atoms with E-state index in [1.165, 1.54) is 4.90 Å². The van der Waals surface area contributed by atoms with E-state index in [0.29, 0.717) is 12.5 Å². The minimum absolute atomic E-state index is 0.200. The summed E-state index contributed by atoms with van der Waals surface area (Å²) in [6, 6.07) is 0. The van der Waals surface area contributed by atoms with E-state index >= 15 is 0 Å². The van der Waals surface area contributed by atoms with Crippen molar-refractivity contribution in [2.75, 3.05) is 13.1 Å². The highest BCUT2D eigenvalue weighted by Crippen LogP contribution is 2.39. The number of aliphatic carboxylic acids is 1. The highest BCUT2D eigenvalue weighted by atomic mass is 16.4. The van der Waals surface area contributed by atoms with Crippen LogP contribution in [-0.2, 0) is 9.59 Å². The summed E-state index contributed by atoms with van der Waals surface area (Å²) in [5.74, 6) is -0.460. The second kappa shape index (κ2) is 4.29. The van der Waals surface area contributed by atoms with E-state index in [-0.39, 0.29) is 18.4 Å². The number of carbonyl (C=O) groups excluding carboxylic acids is 1. The molecule has 96 valence electrons. The topological polar surface area (TPSA) is 83.6 Å². The smallest absolute Gasteiger partial charge is 0.323 e. The van der Waals surface area contributed by atoms with Crippen molar-refractivity contribution in [3.63, 3.8) is 0 Å². The second-order valence-corrected chi connectivity index (χ2v) is 5.58. The number of carboxylic acid groups (broad SMARTS) is 1. The van der Waals surface area contributed by atoms with E-state index in [1.54, 1.807) is 6.92 Å². The van der Waals surface area contributed by atoms with Crippen LogP contribution in [-0.4, -0.2) is 40.5 Å². The lowest BCUT2D eigenvalue weighted by atomic mass is 9.95. The number of hydrogen-bond donors (Lipinski definition) is 2. The quantitative estimate of drug-likeness (QED) is 0.705. The van der Waals surface area contributed by atoms with E-state index in [0.717, 1.165) is 25.7 Å². The number of carboxylic acids is 1. The van der Waals surface area contributed by atoms with Crippen molar-refractivity contribution in [2.45, 2.75) is 38.1 Å². The molecular weight excluding hydrogens is 220 g/mol. The third-order valence-electron chi connectivity index (χ3n) is 3.68. The standard InChI is InChI=1S/C12H20N2O3/c1-12(13,9-4-5-9)11(17)14(7-10(15)16)6-8-2-3-8/h8-9H,2-7,13H2,1H3,(H,15,16). The van der Waals surface area contributed by atoms with Crippen molar-refractivity contribution >= 4 is 11.9 Å². The fourth-order valence-corrected chi connectivity index (χ4v) is 2.19. The summed E-state index contributed by atoms with van der Waals surface area (Å²) >= 11 is 0. The van der Waals surface area contributed by atoms with Gasteiger partial charge >= 0.3 is 5.97 Å². The molecule has 2 saturated carbocycles. The number of rotatable bonds is 6. The molecule has 0 aliphatic heterocycles. The van der Waals surface area contributed by atoms with Crippen LogP contribution in [0.25, 0.3) is 0 Å². The van der Waals surface area contributed by atoms with Crippen molar-refractivity contribution in [1.82, 2.24) is 4.90 Å². The molecule has 5 nitrogen and oxygen atoms in total. The first-order valence-electron chi connectivity index (χ1n) is 6.21. The Kier molecular flexibility index (Phi) is 3.12. The number of nitrogens with zero attached hydrogens (tertiary/aromatic N) is 1. The molecule has 0 heterocycles. The monoisotopic (exact) mass is 240 g/mol. The first-order valence-corrected chi connectivity index (χ1v) is 6.21. The lowest BCUT2D eigenvalue weighted by Gasteiger charge is -2.31. The molecule has 0 aromatic rings. The van der Waals surface area contributed by atoms with Crippen molar-refractivity contribution in [1.29, 1.82) is 0 Å². The van der Waals surface area contributed by atoms with Gasteiger partial charge in [0, 0.05) is 6.54 Å². The Balaban J connectivity index is 2.01. The summed E-state index contributed by atoms with van der Waals surface area (Å²) in [5.41, 5.74) is 5.17. The van der Waals surface area contributed by atoms with Gasteiger partial charge in [-0.15, -0.1) is 0 Å². The molecule has 0 aromatic heterocycles. The van der Waals surface area contributed by atoms with Gasteiger partial charge in [-0.25, -0.2) is 0 Å². The van der Waals surface area contributed by atoms with Gasteiger partial charge in [-0.2, -0.15) is 0 Å². The van der Waals surface area contributed by atoms with Gasteiger partial charge in [-0.05, 0) is 44.4 Å². The zero-order chi connectivity index (χ0) is 12.6. The molecule has 0 radical (unpaired) electrons. The van der Waals surface area contributed by atoms with Crippen molar-refractivity contribution < 1.29 is 14.7 Å². The molecule has 2 aliphatic carbocycles. The predicted octanol–water partition coefficient (Wildman–Crippen LogP) is 0.437. The minimum Gasteiger partial charge on any atom is -0.480 e. The van der Waals surface area contributed by atoms with Gasteiger partial charge in [0.05, 0.1) is 5.54 Å². The molecule has 0 aromatic carbocycles. The molecule has 17 heavy (non-hydrogen) atoms. The molecule has 2 fully saturated rings. The van der Waals surface area contributed by atoms with E-state index in [9.17, 15) is 9.59 Å². The van der Waals surface area contributed by atoms with Crippen LogP contribution < -0.4 is 5.73 Å². The fraction of sp³-hybridized carbons (Fsp3) is 0.833. The largest absolute Gasteiger partial charge is 0.480 e. The van der Waals surface area contributed by atoms with Crippen LogP contribution in [0, 0.1) is 11.8 Å². The van der Waals surface area contributed by atoms with E-state index < -0.39 is 11.5 Å². The van der Waals surface area contributed by atoms with Crippen molar-refractivity contribution in [3.8, 4) is 0 Å². The number of nitrogens with two attached hydrogens (primary N) is 1. The van der Waals surface area contributed by atoms with Gasteiger partial charge in [-0.3, -0.25) is 9.59 Å². The molecule has 2 aliphatic rings. The summed E-state index contributed by atoms with van der Waals surface area (Å²) in [6.45, 7) is 2.05. The molecule has 1 atom stereocenters. The molecule has 5 heteroatoms. The van der Waals surface area contributed by atoms with Crippen molar-refractivity contribution in [3.05, 3.63) is 0 Å². The van der Waals surface area contributed by atoms with Gasteiger partial charge in [0.15, 0.2) is 0 Å². The fourth-order valence-electron chi connectivity index (χ4n) is 2.19. The molecule has 0 spiro atoms. The minimum atomic E-state index is -0.967. The van der Waals surface area contributed by atoms with Gasteiger partial charge in [0.25, 0.3) is 0 Å². The zero-order valence-electron chi connectivity index (χ0n) is 10.2. The summed E-state index contributed by atoms with van der Waals surface area (Å²) in [4.78, 5) is 24.5. The average Bonchev–Trinajstić information content (AvgIpc) is 3.06. The summed E-state index contributed by atoms with van der Waals surface area (Å²) in [7, 11) is 0. The highest BCUT2D eigenvalue weighted by Gasteiger charge is 2.46. The normalized spacial score (nSPS) is 22.9. The van der Waals surface area contributed by atoms with Gasteiger partial charge in [0.2, 0.25) is 5.91 Å². The Morgan fingerprint density at radius 2 is 1.94 bits per heavy atom. The van der Waals surface area contributed by atoms with Gasteiger partial charge in [-0.1, -0.05) is 0 Å². The van der Waals surface area contributed by atoms with Crippen LogP contribution >= 0.6 is 0 Å². The number of carbonyl (C=O) groups is 2. The summed E-state index contributed by atoms with van der Waals surface area (Å²) < 4.78 is 0. The predicted molar refractivity (Wildman–Crippen MR) is 62.3 cm³/mol. The Labute approximate surface area is 101 Å². The van der Waals surface area contributed by atoms with E-state index in [2.05, 4.69) is 0 Å². The maximum Gasteiger partial charge on any atom is 0.323 e. The lowest BCUT2D eigenvalue weighted by Crippen LogP contribution is -2.56. The first kappa shape index (κ1) is 12.4. The molecule has 1 amide bonds. The second-order valence-electron chi connectivity index (χ2n) is 5.58. The van der Waals surface area contributed by atoms with Crippen LogP contribution in [0.2, 0.25) is 0 Å². The van der Waals surface area contributed by atoms with E-state index in [4.69, 9.17) is 10.8 Å². The van der Waals surface area contributed by atoms with Gasteiger partial charge in [0.1, 0.15) is 6.54 Å². The lowest BCUT2D eigenvalue weighted by molar-refractivity contribution is -0.147. The Morgan fingerprint density at radius 1 is 1.35 bits per heavy atom. The van der Waals surface area contributed by atoms with Crippen LogP contribution in [0.15, 0.2) is 0 Å². The van der Waals surface area contributed by atoms with Crippen LogP contribution in [0.5, 0.6) is 0 Å². The third kappa shape index (κ3) is 2.97. The third-order valence-corrected chi connectivity index (χ3v) is 3.68. The average molecular weight is 240 g/mol. The molecule has 2 rings (SSSR count). The summed E-state index contributed by atoms with van der Waals surface area (Å²) in [5, 5.41) is 8.85. The van der Waals surface area contributed by atoms with Crippen LogP contribution in [0.1, 0.15) is 32.6 Å².